The van der Waals surface area contributed by atoms with Gasteiger partial charge in [0.05, 0.1) is 6.61 Å². The van der Waals surface area contributed by atoms with Gasteiger partial charge in [-0.05, 0) is 18.6 Å². The number of hydrogen-bond acceptors (Lipinski definition) is 2. The first-order chi connectivity index (χ1) is 7.22. The van der Waals surface area contributed by atoms with Crippen molar-refractivity contribution in [3.63, 3.8) is 0 Å². The smallest absolute Gasteiger partial charge is 0.244 e. The van der Waals surface area contributed by atoms with E-state index in [2.05, 4.69) is 5.32 Å². The van der Waals surface area contributed by atoms with Gasteiger partial charge in [0.25, 0.3) is 0 Å². The van der Waals surface area contributed by atoms with Crippen molar-refractivity contribution in [3.05, 3.63) is 41.5 Å². The first-order valence-corrected chi connectivity index (χ1v) is 4.86. The third-order valence-electron chi connectivity index (χ3n) is 1.88. The Morgan fingerprint density at radius 1 is 1.50 bits per heavy atom. The molecule has 0 radical (unpaired) electrons. The minimum absolute atomic E-state index is 0. The van der Waals surface area contributed by atoms with Crippen LogP contribution >= 0.6 is 0 Å². The van der Waals surface area contributed by atoms with Crippen LogP contribution < -0.4 is 5.32 Å². The molecule has 0 aliphatic carbocycles. The molecular formula is C12H17NO3. The average Bonchev–Trinajstić information content (AvgIpc) is 2.23. The molecule has 4 nitrogen and oxygen atoms in total. The number of aliphatic hydroxyl groups is 1. The number of benzene rings is 1. The topological polar surface area (TPSA) is 80.8 Å². The van der Waals surface area contributed by atoms with E-state index in [4.69, 9.17) is 5.11 Å². The summed E-state index contributed by atoms with van der Waals surface area (Å²) in [6.45, 7) is 2.25. The van der Waals surface area contributed by atoms with Gasteiger partial charge < -0.3 is 15.9 Å². The Labute approximate surface area is 94.9 Å². The van der Waals surface area contributed by atoms with E-state index >= 15 is 0 Å². The van der Waals surface area contributed by atoms with Crippen LogP contribution in [0.4, 0.5) is 0 Å². The Morgan fingerprint density at radius 3 is 2.88 bits per heavy atom. The summed E-state index contributed by atoms with van der Waals surface area (Å²) in [5.41, 5.74) is 2.15. The van der Waals surface area contributed by atoms with E-state index in [0.29, 0.717) is 0 Å². The van der Waals surface area contributed by atoms with Crippen LogP contribution in [0.2, 0.25) is 0 Å². The van der Waals surface area contributed by atoms with Crippen LogP contribution in [-0.2, 0) is 4.79 Å². The molecule has 0 atom stereocenters. The van der Waals surface area contributed by atoms with Gasteiger partial charge in [0.2, 0.25) is 5.91 Å². The number of nitrogens with one attached hydrogen (secondary N) is 1. The molecule has 0 aliphatic heterocycles. The Kier molecular flexibility index (Phi) is 6.83. The van der Waals surface area contributed by atoms with Gasteiger partial charge in [-0.15, -0.1) is 0 Å². The lowest BCUT2D eigenvalue weighted by Gasteiger charge is -1.98. The van der Waals surface area contributed by atoms with Crippen molar-refractivity contribution in [1.29, 1.82) is 0 Å². The van der Waals surface area contributed by atoms with Crippen molar-refractivity contribution in [2.45, 2.75) is 6.92 Å². The molecule has 0 saturated carbocycles. The van der Waals surface area contributed by atoms with Gasteiger partial charge in [-0.2, -0.15) is 0 Å². The fourth-order valence-corrected chi connectivity index (χ4v) is 1.18. The van der Waals surface area contributed by atoms with Crippen LogP contribution in [0, 0.1) is 6.92 Å². The second-order valence-corrected chi connectivity index (χ2v) is 3.26. The number of carbonyl (C=O) groups is 1. The van der Waals surface area contributed by atoms with Crippen molar-refractivity contribution in [3.8, 4) is 0 Å². The quantitative estimate of drug-likeness (QED) is 0.719. The lowest BCUT2D eigenvalue weighted by Crippen LogP contribution is -2.24. The Bertz CT molecular complexity index is 361. The Morgan fingerprint density at radius 2 is 2.25 bits per heavy atom. The zero-order valence-electron chi connectivity index (χ0n) is 9.23. The first kappa shape index (κ1) is 14.3. The summed E-state index contributed by atoms with van der Waals surface area (Å²) in [6, 6.07) is 7.88. The molecule has 1 amide bonds. The molecular weight excluding hydrogens is 206 g/mol. The highest BCUT2D eigenvalue weighted by molar-refractivity contribution is 5.91. The second kappa shape index (κ2) is 7.62. The van der Waals surface area contributed by atoms with E-state index < -0.39 is 0 Å². The highest BCUT2D eigenvalue weighted by Crippen LogP contribution is 2.05. The highest BCUT2D eigenvalue weighted by atomic mass is 16.3. The number of hydrogen-bond donors (Lipinski definition) is 2. The summed E-state index contributed by atoms with van der Waals surface area (Å²) in [7, 11) is 0. The molecule has 0 bridgehead atoms. The molecule has 4 N–H and O–H groups in total. The molecule has 0 aliphatic rings. The molecule has 0 unspecified atom stereocenters. The molecule has 0 fully saturated rings. The van der Waals surface area contributed by atoms with Gasteiger partial charge in [-0.3, -0.25) is 4.79 Å². The van der Waals surface area contributed by atoms with E-state index in [9.17, 15) is 4.79 Å². The van der Waals surface area contributed by atoms with Gasteiger partial charge in [0, 0.05) is 12.6 Å². The lowest BCUT2D eigenvalue weighted by atomic mass is 10.1. The molecule has 4 heteroatoms. The molecule has 1 aromatic carbocycles. The van der Waals surface area contributed by atoms with E-state index in [1.807, 2.05) is 31.2 Å². The molecule has 1 rings (SSSR count). The number of carbonyl (C=O) groups excluding carboxylic acids is 1. The van der Waals surface area contributed by atoms with Crippen LogP contribution in [0.25, 0.3) is 6.08 Å². The molecule has 88 valence electrons. The van der Waals surface area contributed by atoms with Crippen LogP contribution in [0.1, 0.15) is 11.1 Å². The van der Waals surface area contributed by atoms with E-state index in [1.54, 1.807) is 6.08 Å². The van der Waals surface area contributed by atoms with E-state index in [0.717, 1.165) is 11.1 Å². The predicted octanol–water partition coefficient (Wildman–Crippen LogP) is 0.292. The summed E-state index contributed by atoms with van der Waals surface area (Å²) < 4.78 is 0. The van der Waals surface area contributed by atoms with E-state index in [-0.39, 0.29) is 24.5 Å². The van der Waals surface area contributed by atoms with Crippen LogP contribution in [0.15, 0.2) is 30.3 Å². The summed E-state index contributed by atoms with van der Waals surface area (Å²) in [5, 5.41) is 11.0. The lowest BCUT2D eigenvalue weighted by molar-refractivity contribution is -0.116. The summed E-state index contributed by atoms with van der Waals surface area (Å²) in [6.07, 6.45) is 3.21. The summed E-state index contributed by atoms with van der Waals surface area (Å²) in [5.74, 6) is -0.189. The summed E-state index contributed by atoms with van der Waals surface area (Å²) in [4.78, 5) is 11.2. The maximum atomic E-state index is 11.2. The highest BCUT2D eigenvalue weighted by Gasteiger charge is 1.93. The monoisotopic (exact) mass is 223 g/mol. The van der Waals surface area contributed by atoms with Crippen LogP contribution in [0.3, 0.4) is 0 Å². The van der Waals surface area contributed by atoms with Crippen molar-refractivity contribution in [2.75, 3.05) is 13.2 Å². The average molecular weight is 223 g/mol. The van der Waals surface area contributed by atoms with Gasteiger partial charge in [-0.25, -0.2) is 0 Å². The minimum Gasteiger partial charge on any atom is -0.412 e. The zero-order chi connectivity index (χ0) is 11.1. The van der Waals surface area contributed by atoms with Crippen molar-refractivity contribution in [2.24, 2.45) is 0 Å². The van der Waals surface area contributed by atoms with Crippen LogP contribution in [-0.4, -0.2) is 29.6 Å². The van der Waals surface area contributed by atoms with Gasteiger partial charge >= 0.3 is 0 Å². The normalized spacial score (nSPS) is 9.88. The van der Waals surface area contributed by atoms with Gasteiger partial charge in [0.15, 0.2) is 0 Å². The molecule has 0 aromatic heterocycles. The van der Waals surface area contributed by atoms with Gasteiger partial charge in [-0.1, -0.05) is 29.8 Å². The SMILES string of the molecule is Cc1cccc(/C=C/C(=O)NCCO)c1.O. The van der Waals surface area contributed by atoms with Gasteiger partial charge in [0.1, 0.15) is 0 Å². The minimum atomic E-state index is -0.189. The van der Waals surface area contributed by atoms with E-state index in [1.165, 1.54) is 6.08 Å². The van der Waals surface area contributed by atoms with Crippen molar-refractivity contribution < 1.29 is 15.4 Å². The van der Waals surface area contributed by atoms with Crippen molar-refractivity contribution in [1.82, 2.24) is 5.32 Å². The maximum absolute atomic E-state index is 11.2. The third kappa shape index (κ3) is 5.29. The Balaban J connectivity index is 0.00000225. The van der Waals surface area contributed by atoms with Crippen molar-refractivity contribution >= 4 is 12.0 Å². The number of amides is 1. The molecule has 16 heavy (non-hydrogen) atoms. The molecule has 1 aromatic rings. The number of rotatable bonds is 4. The fourth-order valence-electron chi connectivity index (χ4n) is 1.18. The Hall–Kier alpha value is -1.65. The number of aliphatic hydroxyl groups excluding tert-OH is 1. The zero-order valence-corrected chi connectivity index (χ0v) is 9.23. The third-order valence-corrected chi connectivity index (χ3v) is 1.88. The van der Waals surface area contributed by atoms with Crippen LogP contribution in [0.5, 0.6) is 0 Å². The second-order valence-electron chi connectivity index (χ2n) is 3.26. The number of aryl methyl sites for hydroxylation is 1. The molecule has 0 saturated heterocycles. The first-order valence-electron chi connectivity index (χ1n) is 4.86. The standard InChI is InChI=1S/C12H15NO2.H2O/c1-10-3-2-4-11(9-10)5-6-12(15)13-7-8-14;/h2-6,9,14H,7-8H2,1H3,(H,13,15);1H2/b6-5+;. The fraction of sp³-hybridized carbons (Fsp3) is 0.250. The summed E-state index contributed by atoms with van der Waals surface area (Å²) >= 11 is 0. The maximum Gasteiger partial charge on any atom is 0.244 e. The predicted molar refractivity (Wildman–Crippen MR) is 63.9 cm³/mol. The molecule has 0 spiro atoms. The molecule has 0 heterocycles. The largest absolute Gasteiger partial charge is 0.412 e.